The molecule has 0 amide bonds. The average Bonchev–Trinajstić information content (AvgIpc) is 3.06. The van der Waals surface area contributed by atoms with Gasteiger partial charge >= 0.3 is 12.1 Å². The molecule has 0 aliphatic heterocycles. The lowest BCUT2D eigenvalue weighted by molar-refractivity contribution is -0.161. The maximum atomic E-state index is 12.0. The van der Waals surface area contributed by atoms with E-state index in [-0.39, 0.29) is 12.4 Å². The smallest absolute Gasteiger partial charge is 0.422 e. The van der Waals surface area contributed by atoms with Crippen molar-refractivity contribution in [2.45, 2.75) is 12.8 Å². The van der Waals surface area contributed by atoms with Crippen LogP contribution in [0.4, 0.5) is 13.2 Å². The quantitative estimate of drug-likeness (QED) is 0.624. The van der Waals surface area contributed by atoms with E-state index >= 15 is 0 Å². The van der Waals surface area contributed by atoms with Crippen LogP contribution in [0.1, 0.15) is 16.3 Å². The van der Waals surface area contributed by atoms with Crippen molar-refractivity contribution in [3.8, 4) is 5.75 Å². The molecule has 0 aliphatic rings. The van der Waals surface area contributed by atoms with Gasteiger partial charge in [-0.1, -0.05) is 36.4 Å². The molecule has 1 aromatic heterocycles. The van der Waals surface area contributed by atoms with E-state index in [0.29, 0.717) is 11.5 Å². The molecule has 0 aliphatic carbocycles. The topological polar surface area (TPSA) is 48.7 Å². The van der Waals surface area contributed by atoms with E-state index in [1.54, 1.807) is 6.07 Å². The fourth-order valence-corrected chi connectivity index (χ4v) is 2.25. The lowest BCUT2D eigenvalue weighted by Crippen LogP contribution is -2.20. The summed E-state index contributed by atoms with van der Waals surface area (Å²) in [5, 5.41) is 1.93. The Hall–Kier alpha value is -2.96. The number of alkyl halides is 3. The number of esters is 1. The van der Waals surface area contributed by atoms with E-state index in [4.69, 9.17) is 9.15 Å². The van der Waals surface area contributed by atoms with Crippen LogP contribution in [0.25, 0.3) is 10.8 Å². The molecule has 0 spiro atoms. The second kappa shape index (κ2) is 6.88. The molecule has 4 nitrogen and oxygen atoms in total. The minimum Gasteiger partial charge on any atom is -0.485 e. The molecular weight excluding hydrogens is 337 g/mol. The minimum atomic E-state index is -4.58. The van der Waals surface area contributed by atoms with Gasteiger partial charge in [0.1, 0.15) is 18.1 Å². The number of furan rings is 1. The lowest BCUT2D eigenvalue weighted by atomic mass is 10.1. The van der Waals surface area contributed by atoms with Crippen LogP contribution in [-0.4, -0.2) is 18.8 Å². The van der Waals surface area contributed by atoms with Crippen LogP contribution >= 0.6 is 0 Å². The zero-order valence-electron chi connectivity index (χ0n) is 12.9. The number of ether oxygens (including phenoxy) is 2. The summed E-state index contributed by atoms with van der Waals surface area (Å²) in [6.07, 6.45) is -4.58. The molecule has 1 heterocycles. The van der Waals surface area contributed by atoms with E-state index in [9.17, 15) is 18.0 Å². The van der Waals surface area contributed by atoms with E-state index < -0.39 is 18.8 Å². The number of halogens is 3. The van der Waals surface area contributed by atoms with Gasteiger partial charge in [0.2, 0.25) is 5.76 Å². The molecule has 0 N–H and O–H groups in total. The average molecular weight is 350 g/mol. The van der Waals surface area contributed by atoms with Gasteiger partial charge in [-0.25, -0.2) is 4.79 Å². The molecule has 0 saturated carbocycles. The highest BCUT2D eigenvalue weighted by atomic mass is 19.4. The Labute approximate surface area is 140 Å². The molecule has 0 atom stereocenters. The molecule has 25 heavy (non-hydrogen) atoms. The Bertz CT molecular complexity index is 878. The first-order valence-electron chi connectivity index (χ1n) is 7.35. The number of hydrogen-bond donors (Lipinski definition) is 0. The van der Waals surface area contributed by atoms with Gasteiger partial charge in [-0.3, -0.25) is 0 Å². The first-order valence-corrected chi connectivity index (χ1v) is 7.35. The van der Waals surface area contributed by atoms with Gasteiger partial charge in [-0.15, -0.1) is 0 Å². The Morgan fingerprint density at radius 1 is 1.00 bits per heavy atom. The number of carbonyl (C=O) groups excluding carboxylic acids is 1. The van der Waals surface area contributed by atoms with E-state index in [2.05, 4.69) is 4.74 Å². The summed E-state index contributed by atoms with van der Waals surface area (Å²) in [6, 6.07) is 16.0. The van der Waals surface area contributed by atoms with Crippen LogP contribution in [-0.2, 0) is 11.3 Å². The third kappa shape index (κ3) is 4.32. The molecule has 0 fully saturated rings. The summed E-state index contributed by atoms with van der Waals surface area (Å²) >= 11 is 0. The maximum Gasteiger partial charge on any atom is 0.422 e. The molecule has 3 aromatic rings. The van der Waals surface area contributed by atoms with Crippen molar-refractivity contribution in [3.05, 3.63) is 66.1 Å². The standard InChI is InChI=1S/C18H13F3O4/c19-18(20,21)11-24-17(22)16-9-8-13(25-16)10-23-15-7-3-5-12-4-1-2-6-14(12)15/h1-9H,10-11H2. The van der Waals surface area contributed by atoms with Crippen LogP contribution in [0.5, 0.6) is 5.75 Å². The third-order valence-electron chi connectivity index (χ3n) is 3.35. The number of rotatable bonds is 5. The largest absolute Gasteiger partial charge is 0.485 e. The molecule has 0 bridgehead atoms. The maximum absolute atomic E-state index is 12.0. The minimum absolute atomic E-state index is 0.0283. The predicted molar refractivity (Wildman–Crippen MR) is 83.3 cm³/mol. The second-order valence-corrected chi connectivity index (χ2v) is 5.22. The van der Waals surface area contributed by atoms with E-state index in [1.165, 1.54) is 12.1 Å². The van der Waals surface area contributed by atoms with Gasteiger partial charge in [0.05, 0.1) is 0 Å². The van der Waals surface area contributed by atoms with E-state index in [0.717, 1.165) is 10.8 Å². The van der Waals surface area contributed by atoms with Crippen LogP contribution in [0, 0.1) is 0 Å². The van der Waals surface area contributed by atoms with Gasteiger partial charge in [0, 0.05) is 5.39 Å². The summed E-state index contributed by atoms with van der Waals surface area (Å²) in [5.74, 6) is -0.544. The summed E-state index contributed by atoms with van der Waals surface area (Å²) < 4.78 is 51.1. The highest BCUT2D eigenvalue weighted by molar-refractivity contribution is 5.88. The van der Waals surface area contributed by atoms with Crippen LogP contribution in [0.15, 0.2) is 59.0 Å². The Kier molecular flexibility index (Phi) is 4.65. The summed E-state index contributed by atoms with van der Waals surface area (Å²) in [6.45, 7) is -1.63. The Morgan fingerprint density at radius 2 is 1.76 bits per heavy atom. The summed E-state index contributed by atoms with van der Waals surface area (Å²) in [5.41, 5.74) is 0. The molecule has 7 heteroatoms. The van der Waals surface area contributed by atoms with Gasteiger partial charge in [0.15, 0.2) is 6.61 Å². The number of hydrogen-bond acceptors (Lipinski definition) is 4. The fraction of sp³-hybridized carbons (Fsp3) is 0.167. The van der Waals surface area contributed by atoms with E-state index in [1.807, 2.05) is 36.4 Å². The zero-order valence-corrected chi connectivity index (χ0v) is 12.9. The van der Waals surface area contributed by atoms with Crippen molar-refractivity contribution >= 4 is 16.7 Å². The molecular formula is C18H13F3O4. The van der Waals surface area contributed by atoms with Crippen molar-refractivity contribution < 1.29 is 31.9 Å². The van der Waals surface area contributed by atoms with Crippen LogP contribution in [0.3, 0.4) is 0 Å². The molecule has 3 rings (SSSR count). The third-order valence-corrected chi connectivity index (χ3v) is 3.35. The molecule has 0 unspecified atom stereocenters. The Morgan fingerprint density at radius 3 is 2.56 bits per heavy atom. The van der Waals surface area contributed by atoms with Gasteiger partial charge in [0.25, 0.3) is 0 Å². The second-order valence-electron chi connectivity index (χ2n) is 5.22. The van der Waals surface area contributed by atoms with Gasteiger partial charge in [-0.2, -0.15) is 13.2 Å². The molecule has 2 aromatic carbocycles. The normalized spacial score (nSPS) is 11.5. The SMILES string of the molecule is O=C(OCC(F)(F)F)c1ccc(COc2cccc3ccccc23)o1. The van der Waals surface area contributed by atoms with Crippen molar-refractivity contribution in [1.29, 1.82) is 0 Å². The Balaban J connectivity index is 1.64. The number of carbonyl (C=O) groups is 1. The summed E-state index contributed by atoms with van der Waals surface area (Å²) in [7, 11) is 0. The van der Waals surface area contributed by atoms with Crippen LogP contribution < -0.4 is 4.74 Å². The molecule has 130 valence electrons. The van der Waals surface area contributed by atoms with Crippen molar-refractivity contribution in [2.24, 2.45) is 0 Å². The molecule has 0 saturated heterocycles. The lowest BCUT2D eigenvalue weighted by Gasteiger charge is -2.08. The van der Waals surface area contributed by atoms with Crippen molar-refractivity contribution in [1.82, 2.24) is 0 Å². The zero-order chi connectivity index (χ0) is 17.9. The first kappa shape index (κ1) is 16.9. The van der Waals surface area contributed by atoms with Crippen LogP contribution in [0.2, 0.25) is 0 Å². The van der Waals surface area contributed by atoms with Crippen molar-refractivity contribution in [2.75, 3.05) is 6.61 Å². The molecule has 0 radical (unpaired) electrons. The first-order chi connectivity index (χ1) is 11.9. The van der Waals surface area contributed by atoms with Gasteiger partial charge in [-0.05, 0) is 23.6 Å². The van der Waals surface area contributed by atoms with Crippen molar-refractivity contribution in [3.63, 3.8) is 0 Å². The van der Waals surface area contributed by atoms with Gasteiger partial charge < -0.3 is 13.9 Å². The summed E-state index contributed by atoms with van der Waals surface area (Å²) in [4.78, 5) is 11.5. The fourth-order valence-electron chi connectivity index (χ4n) is 2.25. The number of benzene rings is 2. The monoisotopic (exact) mass is 350 g/mol. The predicted octanol–water partition coefficient (Wildman–Crippen LogP) is 4.73. The highest BCUT2D eigenvalue weighted by Crippen LogP contribution is 2.26. The number of fused-ring (bicyclic) bond motifs is 1. The highest BCUT2D eigenvalue weighted by Gasteiger charge is 2.30.